The predicted octanol–water partition coefficient (Wildman–Crippen LogP) is 0.722. The Kier molecular flexibility index (Phi) is 6.77. The fraction of sp³-hybridized carbons (Fsp3) is 0.433. The van der Waals surface area contributed by atoms with Crippen molar-refractivity contribution in [3.63, 3.8) is 0 Å². The highest BCUT2D eigenvalue weighted by Gasteiger charge is 2.54. The second-order valence-electron chi connectivity index (χ2n) is 11.7. The van der Waals surface area contributed by atoms with Gasteiger partial charge in [-0.05, 0) is 96.7 Å². The third kappa shape index (κ3) is 4.59. The number of piperidine rings is 1. The second-order valence-corrected chi connectivity index (χ2v) is 11.7. The number of carbonyl (C=O) groups excluding carboxylic acids is 3. The number of fused-ring (bicyclic) bond motifs is 3. The molecule has 0 spiro atoms. The molecule has 12 nitrogen and oxygen atoms in total. The molecule has 0 unspecified atom stereocenters. The summed E-state index contributed by atoms with van der Waals surface area (Å²) in [7, 11) is 1.70. The van der Waals surface area contributed by atoms with Gasteiger partial charge in [-0.2, -0.15) is 10.1 Å². The minimum absolute atomic E-state index is 0.0797. The van der Waals surface area contributed by atoms with E-state index in [4.69, 9.17) is 11.5 Å². The van der Waals surface area contributed by atoms with Crippen LogP contribution < -0.4 is 16.8 Å². The zero-order chi connectivity index (χ0) is 29.8. The molecule has 1 aromatic heterocycles. The van der Waals surface area contributed by atoms with Gasteiger partial charge in [0.05, 0.1) is 25.1 Å². The number of rotatable bonds is 8. The van der Waals surface area contributed by atoms with Crippen molar-refractivity contribution in [2.24, 2.45) is 24.4 Å². The van der Waals surface area contributed by atoms with Gasteiger partial charge in [0, 0.05) is 23.2 Å². The monoisotopic (exact) mass is 567 g/mol. The van der Waals surface area contributed by atoms with E-state index in [1.54, 1.807) is 24.1 Å². The van der Waals surface area contributed by atoms with Crippen LogP contribution in [0.25, 0.3) is 0 Å². The van der Waals surface area contributed by atoms with Crippen LogP contribution in [0.2, 0.25) is 0 Å². The van der Waals surface area contributed by atoms with Gasteiger partial charge in [0.15, 0.2) is 5.82 Å². The Morgan fingerprint density at radius 3 is 2.21 bits per heavy atom. The van der Waals surface area contributed by atoms with Crippen LogP contribution in [0, 0.1) is 17.2 Å². The van der Waals surface area contributed by atoms with Crippen molar-refractivity contribution in [3.05, 3.63) is 75.6 Å². The molecule has 1 saturated carbocycles. The van der Waals surface area contributed by atoms with Gasteiger partial charge in [-0.1, -0.05) is 12.1 Å². The molecule has 5 N–H and O–H groups in total. The quantitative estimate of drug-likeness (QED) is 0.355. The number of hydrogen-bond donors (Lipinski definition) is 3. The summed E-state index contributed by atoms with van der Waals surface area (Å²) in [6.07, 6.45) is 3.32. The van der Waals surface area contributed by atoms with Crippen LogP contribution >= 0.6 is 0 Å². The maximum absolute atomic E-state index is 13.2. The van der Waals surface area contributed by atoms with Gasteiger partial charge in [-0.25, -0.2) is 0 Å². The molecule has 0 bridgehead atoms. The fourth-order valence-corrected chi connectivity index (χ4v) is 6.98. The number of primary amides is 2. The van der Waals surface area contributed by atoms with Gasteiger partial charge in [0.2, 0.25) is 17.7 Å². The smallest absolute Gasteiger partial charge is 0.248 e. The third-order valence-corrected chi connectivity index (χ3v) is 9.01. The largest absolute Gasteiger partial charge is 0.366 e. The lowest BCUT2D eigenvalue weighted by molar-refractivity contribution is -0.131. The topological polar surface area (TPSA) is 186 Å². The van der Waals surface area contributed by atoms with Crippen LogP contribution in [0.3, 0.4) is 0 Å². The summed E-state index contributed by atoms with van der Waals surface area (Å²) in [5, 5.41) is 26.3. The number of carbonyl (C=O) groups is 3. The zero-order valence-electron chi connectivity index (χ0n) is 23.6. The van der Waals surface area contributed by atoms with E-state index in [1.165, 1.54) is 4.80 Å². The van der Waals surface area contributed by atoms with E-state index in [0.717, 1.165) is 35.1 Å². The number of amides is 3. The summed E-state index contributed by atoms with van der Waals surface area (Å²) >= 11 is 0. The molecule has 12 heteroatoms. The predicted molar refractivity (Wildman–Crippen MR) is 151 cm³/mol. The average molecular weight is 568 g/mol. The summed E-state index contributed by atoms with van der Waals surface area (Å²) in [6.45, 7) is 2.09. The lowest BCUT2D eigenvalue weighted by Gasteiger charge is -2.36. The molecule has 3 aromatic rings. The Labute approximate surface area is 243 Å². The molecular weight excluding hydrogens is 534 g/mol. The van der Waals surface area contributed by atoms with E-state index in [1.807, 2.05) is 31.2 Å². The molecular formula is C30H33N9O3. The molecule has 3 amide bonds. The normalized spacial score (nSPS) is 22.2. The summed E-state index contributed by atoms with van der Waals surface area (Å²) in [5.74, 6) is -0.232. The number of nitrogens with two attached hydrogens (primary N) is 2. The molecule has 216 valence electrons. The van der Waals surface area contributed by atoms with Crippen molar-refractivity contribution in [1.82, 2.24) is 30.4 Å². The Balaban J connectivity index is 1.42. The summed E-state index contributed by atoms with van der Waals surface area (Å²) in [4.78, 5) is 40.6. The highest BCUT2D eigenvalue weighted by Crippen LogP contribution is 2.48. The van der Waals surface area contributed by atoms with Crippen molar-refractivity contribution in [3.8, 4) is 6.07 Å². The molecule has 2 aliphatic carbocycles. The van der Waals surface area contributed by atoms with E-state index in [-0.39, 0.29) is 30.6 Å². The Bertz CT molecular complexity index is 1580. The average Bonchev–Trinajstić information content (AvgIpc) is 3.46. The van der Waals surface area contributed by atoms with Crippen LogP contribution in [-0.4, -0.2) is 67.5 Å². The van der Waals surface area contributed by atoms with Crippen LogP contribution in [0.5, 0.6) is 0 Å². The number of aromatic nitrogens is 4. The first-order valence-corrected chi connectivity index (χ1v) is 14.2. The first kappa shape index (κ1) is 27.5. The van der Waals surface area contributed by atoms with Crippen LogP contribution in [0.4, 0.5) is 0 Å². The molecule has 2 aromatic carbocycles. The molecule has 3 aliphatic rings. The highest BCUT2D eigenvalue weighted by atomic mass is 16.2. The zero-order valence-corrected chi connectivity index (χ0v) is 23.6. The standard InChI is InChI=1S/C30H33N9O3/c1-16(34-15-26(40)39-22(14-31)11-21-12-25(21)39)13-30(29-35-37-38(2)36-29)23-7-5-19(27(32)41)9-17(23)3-4-18-10-20(28(33)42)6-8-24(18)30/h5-10,16,21-22,25,34H,3-4,11-13,15H2,1-2H3,(H2,32,41)(H2,33,42)/t16-,21+,22-,25-/m0/s1. The number of nitrogens with one attached hydrogen (secondary N) is 1. The van der Waals surface area contributed by atoms with Gasteiger partial charge in [0.1, 0.15) is 6.04 Å². The summed E-state index contributed by atoms with van der Waals surface area (Å²) < 4.78 is 0. The van der Waals surface area contributed by atoms with Gasteiger partial charge in [-0.15, -0.1) is 10.2 Å². The first-order valence-electron chi connectivity index (χ1n) is 14.2. The fourth-order valence-electron chi connectivity index (χ4n) is 6.98. The van der Waals surface area contributed by atoms with Crippen LogP contribution in [0.1, 0.15) is 75.0 Å². The SMILES string of the molecule is C[C@@H](CC1(c2nnn(C)n2)c2ccc(C(N)=O)cc2CCc2cc(C(N)=O)ccc21)NCC(=O)N1[C@H](C#N)C[C@@H]2C[C@@H]21. The Morgan fingerprint density at radius 1 is 1.07 bits per heavy atom. The van der Waals surface area contributed by atoms with E-state index in [2.05, 4.69) is 26.8 Å². The van der Waals surface area contributed by atoms with Crippen molar-refractivity contribution in [1.29, 1.82) is 5.26 Å². The number of benzene rings is 2. The highest BCUT2D eigenvalue weighted by molar-refractivity contribution is 5.94. The van der Waals surface area contributed by atoms with Crippen molar-refractivity contribution >= 4 is 17.7 Å². The Hall–Kier alpha value is -4.63. The second kappa shape index (κ2) is 10.3. The van der Waals surface area contributed by atoms with Gasteiger partial charge in [-0.3, -0.25) is 14.4 Å². The molecule has 1 saturated heterocycles. The van der Waals surface area contributed by atoms with Crippen molar-refractivity contribution in [2.75, 3.05) is 6.54 Å². The minimum atomic E-state index is -0.943. The lowest BCUT2D eigenvalue weighted by Crippen LogP contribution is -2.46. The molecule has 6 rings (SSSR count). The molecule has 2 fully saturated rings. The summed E-state index contributed by atoms with van der Waals surface area (Å²) in [5.41, 5.74) is 14.8. The first-order chi connectivity index (χ1) is 20.1. The molecule has 4 atom stereocenters. The minimum Gasteiger partial charge on any atom is -0.366 e. The third-order valence-electron chi connectivity index (χ3n) is 9.01. The van der Waals surface area contributed by atoms with E-state index >= 15 is 0 Å². The Morgan fingerprint density at radius 2 is 1.69 bits per heavy atom. The molecule has 42 heavy (non-hydrogen) atoms. The number of tetrazole rings is 1. The number of aryl methyl sites for hydroxylation is 3. The maximum atomic E-state index is 13.2. The number of hydrogen-bond acceptors (Lipinski definition) is 8. The van der Waals surface area contributed by atoms with E-state index in [9.17, 15) is 19.6 Å². The molecule has 2 heterocycles. The van der Waals surface area contributed by atoms with E-state index in [0.29, 0.717) is 42.1 Å². The van der Waals surface area contributed by atoms with Crippen molar-refractivity contribution in [2.45, 2.75) is 62.6 Å². The molecule has 1 aliphatic heterocycles. The van der Waals surface area contributed by atoms with Gasteiger partial charge in [0.25, 0.3) is 0 Å². The maximum Gasteiger partial charge on any atom is 0.248 e. The van der Waals surface area contributed by atoms with E-state index < -0.39 is 17.2 Å². The summed E-state index contributed by atoms with van der Waals surface area (Å²) in [6, 6.07) is 12.7. The number of nitriles is 1. The van der Waals surface area contributed by atoms with Gasteiger partial charge < -0.3 is 21.7 Å². The van der Waals surface area contributed by atoms with Gasteiger partial charge >= 0.3 is 0 Å². The van der Waals surface area contributed by atoms with Crippen LogP contribution in [-0.2, 0) is 30.1 Å². The number of likely N-dealkylation sites (tertiary alicyclic amines) is 1. The van der Waals surface area contributed by atoms with Crippen LogP contribution in [0.15, 0.2) is 36.4 Å². The number of nitrogens with zero attached hydrogens (tertiary/aromatic N) is 6. The molecule has 0 radical (unpaired) electrons. The lowest BCUT2D eigenvalue weighted by atomic mass is 9.67. The van der Waals surface area contributed by atoms with Crippen molar-refractivity contribution < 1.29 is 14.4 Å².